The Morgan fingerprint density at radius 3 is 2.10 bits per heavy atom. The third kappa shape index (κ3) is 3.65. The molecule has 0 atom stereocenters. The van der Waals surface area contributed by atoms with E-state index in [0.29, 0.717) is 11.6 Å². The Morgan fingerprint density at radius 2 is 1.23 bits per heavy atom. The highest BCUT2D eigenvalue weighted by atomic mass is 35.5. The van der Waals surface area contributed by atoms with Gasteiger partial charge in [-0.15, -0.1) is 0 Å². The van der Waals surface area contributed by atoms with Gasteiger partial charge in [-0.05, 0) is 68.5 Å². The predicted molar refractivity (Wildman–Crippen MR) is 163 cm³/mol. The maximum Gasteiger partial charge on any atom is 0.226 e. The third-order valence-electron chi connectivity index (χ3n) is 7.46. The summed E-state index contributed by atoms with van der Waals surface area (Å²) < 4.78 is 6.42. The summed E-state index contributed by atoms with van der Waals surface area (Å²) in [6.07, 6.45) is 0. The van der Waals surface area contributed by atoms with Crippen LogP contribution in [0.2, 0.25) is 5.28 Å². The highest BCUT2D eigenvalue weighted by Crippen LogP contribution is 2.40. The smallest absolute Gasteiger partial charge is 0.226 e. The molecule has 40 heavy (non-hydrogen) atoms. The van der Waals surface area contributed by atoms with E-state index in [1.807, 2.05) is 48.5 Å². The lowest BCUT2D eigenvalue weighted by Crippen LogP contribution is -1.97. The van der Waals surface area contributed by atoms with Gasteiger partial charge in [0.25, 0.3) is 0 Å². The Hall–Kier alpha value is -5.06. The summed E-state index contributed by atoms with van der Waals surface area (Å²) in [4.78, 5) is 13.7. The number of hydrogen-bond donors (Lipinski definition) is 0. The van der Waals surface area contributed by atoms with Gasteiger partial charge in [-0.3, -0.25) is 0 Å². The number of halogens is 1. The molecule has 0 aliphatic carbocycles. The SMILES string of the molecule is Clc1nc(-c2ccccc2)nc(-c2cccc3oc4cc(-c5cc6ccccc6c6ccccc56)ccc4c23)n1. The van der Waals surface area contributed by atoms with E-state index < -0.39 is 0 Å². The predicted octanol–water partition coefficient (Wildman–Crippen LogP) is 9.73. The molecule has 0 aliphatic heterocycles. The van der Waals surface area contributed by atoms with E-state index in [-0.39, 0.29) is 5.28 Å². The minimum Gasteiger partial charge on any atom is -0.456 e. The minimum atomic E-state index is 0.152. The molecule has 0 fully saturated rings. The van der Waals surface area contributed by atoms with Crippen LogP contribution in [-0.4, -0.2) is 15.0 Å². The second-order valence-corrected chi connectivity index (χ2v) is 10.1. The van der Waals surface area contributed by atoms with Crippen LogP contribution in [0.25, 0.3) is 77.4 Å². The first-order chi connectivity index (χ1) is 19.7. The third-order valence-corrected chi connectivity index (χ3v) is 7.63. The molecule has 0 spiro atoms. The molecule has 4 nitrogen and oxygen atoms in total. The number of benzene rings is 6. The molecule has 2 heterocycles. The highest BCUT2D eigenvalue weighted by molar-refractivity contribution is 6.28. The van der Waals surface area contributed by atoms with Crippen molar-refractivity contribution in [1.82, 2.24) is 15.0 Å². The van der Waals surface area contributed by atoms with Crippen molar-refractivity contribution < 1.29 is 4.42 Å². The number of furan rings is 1. The summed E-state index contributed by atoms with van der Waals surface area (Å²) in [6.45, 7) is 0. The largest absolute Gasteiger partial charge is 0.456 e. The zero-order chi connectivity index (χ0) is 26.6. The van der Waals surface area contributed by atoms with Crippen molar-refractivity contribution >= 4 is 55.1 Å². The van der Waals surface area contributed by atoms with Gasteiger partial charge in [-0.25, -0.2) is 4.98 Å². The van der Waals surface area contributed by atoms with Gasteiger partial charge >= 0.3 is 0 Å². The van der Waals surface area contributed by atoms with Crippen molar-refractivity contribution in [2.24, 2.45) is 0 Å². The van der Waals surface area contributed by atoms with Crippen LogP contribution in [-0.2, 0) is 0 Å². The molecule has 188 valence electrons. The van der Waals surface area contributed by atoms with Crippen LogP contribution in [0.1, 0.15) is 0 Å². The molecule has 0 saturated heterocycles. The van der Waals surface area contributed by atoms with Gasteiger partial charge < -0.3 is 4.42 Å². The minimum absolute atomic E-state index is 0.152. The van der Waals surface area contributed by atoms with Crippen molar-refractivity contribution in [3.05, 3.63) is 127 Å². The van der Waals surface area contributed by atoms with Gasteiger partial charge in [0.2, 0.25) is 5.28 Å². The summed E-state index contributed by atoms with van der Waals surface area (Å²) in [5, 5.41) is 7.02. The van der Waals surface area contributed by atoms with Crippen LogP contribution in [0.15, 0.2) is 126 Å². The first-order valence-electron chi connectivity index (χ1n) is 13.1. The summed E-state index contributed by atoms with van der Waals surface area (Å²) >= 11 is 6.39. The molecule has 0 amide bonds. The summed E-state index contributed by atoms with van der Waals surface area (Å²) in [5.74, 6) is 1.04. The normalized spacial score (nSPS) is 11.6. The zero-order valence-corrected chi connectivity index (χ0v) is 21.9. The van der Waals surface area contributed by atoms with E-state index in [1.165, 1.54) is 27.1 Å². The molecule has 6 aromatic carbocycles. The first-order valence-corrected chi connectivity index (χ1v) is 13.4. The number of nitrogens with zero attached hydrogens (tertiary/aromatic N) is 3. The van der Waals surface area contributed by atoms with Crippen molar-refractivity contribution in [2.75, 3.05) is 0 Å². The van der Waals surface area contributed by atoms with Crippen LogP contribution < -0.4 is 0 Å². The van der Waals surface area contributed by atoms with E-state index in [1.54, 1.807) is 0 Å². The Bertz CT molecular complexity index is 2240. The van der Waals surface area contributed by atoms with Crippen LogP contribution in [0.5, 0.6) is 0 Å². The Balaban J connectivity index is 1.33. The standard InChI is InChI=1S/C35H20ClN3O/c36-35-38-33(21-9-2-1-3-10-21)37-34(39-35)28-15-8-16-30-32(28)27-18-17-23(20-31(27)40-30)29-19-22-11-4-5-12-24(22)25-13-6-7-14-26(25)29/h1-20H. The molecular formula is C35H20ClN3O. The van der Waals surface area contributed by atoms with Crippen LogP contribution in [0, 0.1) is 0 Å². The molecular weight excluding hydrogens is 514 g/mol. The molecule has 2 aromatic heterocycles. The maximum atomic E-state index is 6.42. The molecule has 0 saturated carbocycles. The van der Waals surface area contributed by atoms with Crippen molar-refractivity contribution in [3.8, 4) is 33.9 Å². The monoisotopic (exact) mass is 533 g/mol. The molecule has 8 rings (SSSR count). The average Bonchev–Trinajstić information content (AvgIpc) is 3.39. The van der Waals surface area contributed by atoms with Gasteiger partial charge in [0.05, 0.1) is 0 Å². The topological polar surface area (TPSA) is 51.8 Å². The van der Waals surface area contributed by atoms with E-state index >= 15 is 0 Å². The fourth-order valence-electron chi connectivity index (χ4n) is 5.66. The summed E-state index contributed by atoms with van der Waals surface area (Å²) in [7, 11) is 0. The molecule has 0 aliphatic rings. The van der Waals surface area contributed by atoms with Crippen LogP contribution in [0.4, 0.5) is 0 Å². The molecule has 0 radical (unpaired) electrons. The number of aromatic nitrogens is 3. The second kappa shape index (κ2) is 9.01. The lowest BCUT2D eigenvalue weighted by atomic mass is 9.93. The lowest BCUT2D eigenvalue weighted by molar-refractivity contribution is 0.669. The molecule has 0 N–H and O–H groups in total. The Morgan fingerprint density at radius 1 is 0.475 bits per heavy atom. The van der Waals surface area contributed by atoms with E-state index in [9.17, 15) is 0 Å². The van der Waals surface area contributed by atoms with Gasteiger partial charge in [-0.2, -0.15) is 9.97 Å². The van der Waals surface area contributed by atoms with Crippen molar-refractivity contribution in [2.45, 2.75) is 0 Å². The van der Waals surface area contributed by atoms with E-state index in [2.05, 4.69) is 82.8 Å². The van der Waals surface area contributed by atoms with Crippen molar-refractivity contribution in [3.63, 3.8) is 0 Å². The fraction of sp³-hybridized carbons (Fsp3) is 0. The zero-order valence-electron chi connectivity index (χ0n) is 21.2. The van der Waals surface area contributed by atoms with E-state index in [4.69, 9.17) is 21.0 Å². The van der Waals surface area contributed by atoms with Crippen molar-refractivity contribution in [1.29, 1.82) is 0 Å². The van der Waals surface area contributed by atoms with Crippen LogP contribution in [0.3, 0.4) is 0 Å². The number of rotatable bonds is 3. The number of fused-ring (bicyclic) bond motifs is 6. The van der Waals surface area contributed by atoms with Gasteiger partial charge in [-0.1, -0.05) is 97.1 Å². The molecule has 5 heteroatoms. The Kier molecular flexibility index (Phi) is 5.15. The molecule has 0 bridgehead atoms. The fourth-order valence-corrected chi connectivity index (χ4v) is 5.82. The average molecular weight is 534 g/mol. The molecule has 8 aromatic rings. The summed E-state index contributed by atoms with van der Waals surface area (Å²) in [6, 6.07) is 41.5. The first kappa shape index (κ1) is 22.9. The molecule has 0 unspecified atom stereocenters. The quantitative estimate of drug-likeness (QED) is 0.212. The highest BCUT2D eigenvalue weighted by Gasteiger charge is 2.18. The van der Waals surface area contributed by atoms with E-state index in [0.717, 1.165) is 38.6 Å². The Labute approximate surface area is 234 Å². The van der Waals surface area contributed by atoms with Gasteiger partial charge in [0.1, 0.15) is 11.2 Å². The van der Waals surface area contributed by atoms with Crippen LogP contribution >= 0.6 is 11.6 Å². The second-order valence-electron chi connectivity index (χ2n) is 9.80. The summed E-state index contributed by atoms with van der Waals surface area (Å²) in [5.41, 5.74) is 5.58. The van der Waals surface area contributed by atoms with Gasteiger partial charge in [0, 0.05) is 21.9 Å². The van der Waals surface area contributed by atoms with Gasteiger partial charge in [0.15, 0.2) is 11.6 Å². The number of hydrogen-bond acceptors (Lipinski definition) is 4. The lowest BCUT2D eigenvalue weighted by Gasteiger charge is -2.11. The maximum absolute atomic E-state index is 6.42.